The fraction of sp³-hybridized carbons (Fsp3) is 0.615. The van der Waals surface area contributed by atoms with E-state index in [9.17, 15) is 18.8 Å². The maximum Gasteiger partial charge on any atom is 0.336 e. The molecule has 0 bridgehead atoms. The Morgan fingerprint density at radius 3 is 3.00 bits per heavy atom. The third-order valence-electron chi connectivity index (χ3n) is 3.73. The number of hydrogen-bond acceptors (Lipinski definition) is 4. The molecule has 0 radical (unpaired) electrons. The lowest BCUT2D eigenvalue weighted by molar-refractivity contribution is 0.0511. The molecule has 0 aliphatic heterocycles. The van der Waals surface area contributed by atoms with E-state index in [2.05, 4.69) is 5.32 Å². The number of rotatable bonds is 3. The van der Waals surface area contributed by atoms with E-state index < -0.39 is 23.1 Å². The lowest BCUT2D eigenvalue weighted by Crippen LogP contribution is -2.42. The Labute approximate surface area is 120 Å². The van der Waals surface area contributed by atoms with Crippen molar-refractivity contribution >= 4 is 6.03 Å². The second-order valence-electron chi connectivity index (χ2n) is 5.18. The number of hydrogen-bond donors (Lipinski definition) is 2. The molecule has 0 spiro atoms. The van der Waals surface area contributed by atoms with Gasteiger partial charge in [0.2, 0.25) is 5.82 Å². The molecule has 1 heterocycles. The molecule has 1 aromatic heterocycles. The van der Waals surface area contributed by atoms with Crippen LogP contribution in [0.25, 0.3) is 0 Å². The Balaban J connectivity index is 1.97. The number of nitrogens with zero attached hydrogens (tertiary/aromatic N) is 1. The van der Waals surface area contributed by atoms with Crippen molar-refractivity contribution in [2.75, 3.05) is 13.7 Å². The number of nitrogens with one attached hydrogen (secondary N) is 2. The molecule has 21 heavy (non-hydrogen) atoms. The van der Waals surface area contributed by atoms with Crippen molar-refractivity contribution in [1.29, 1.82) is 0 Å². The number of H-pyrrole nitrogens is 1. The summed E-state index contributed by atoms with van der Waals surface area (Å²) < 4.78 is 18.9. The number of ether oxygens (including phenoxy) is 1. The van der Waals surface area contributed by atoms with Gasteiger partial charge in [-0.25, -0.2) is 14.2 Å². The largest absolute Gasteiger partial charge is 0.381 e. The molecule has 116 valence electrons. The highest BCUT2D eigenvalue weighted by atomic mass is 19.1. The monoisotopic (exact) mass is 299 g/mol. The van der Waals surface area contributed by atoms with Gasteiger partial charge in [-0.15, -0.1) is 0 Å². The predicted octanol–water partition coefficient (Wildman–Crippen LogP) is 0.439. The molecule has 2 N–H and O–H groups in total. The van der Waals surface area contributed by atoms with Crippen LogP contribution in [0, 0.1) is 11.7 Å². The van der Waals surface area contributed by atoms with Crippen molar-refractivity contribution in [3.05, 3.63) is 32.9 Å². The summed E-state index contributed by atoms with van der Waals surface area (Å²) in [5.41, 5.74) is -2.10. The SMILES string of the molecule is COC1CCCC(CNC(=O)n2cc(F)c(=O)[nH]c2=O)C1. The van der Waals surface area contributed by atoms with Gasteiger partial charge in [-0.2, -0.15) is 4.39 Å². The van der Waals surface area contributed by atoms with Gasteiger partial charge in [0.15, 0.2) is 0 Å². The summed E-state index contributed by atoms with van der Waals surface area (Å²) in [7, 11) is 1.66. The average molecular weight is 299 g/mol. The summed E-state index contributed by atoms with van der Waals surface area (Å²) in [5, 5.41) is 2.58. The van der Waals surface area contributed by atoms with Crippen LogP contribution in [0.4, 0.5) is 9.18 Å². The normalized spacial score (nSPS) is 22.0. The molecule has 1 aliphatic rings. The maximum atomic E-state index is 13.1. The van der Waals surface area contributed by atoms with E-state index >= 15 is 0 Å². The summed E-state index contributed by atoms with van der Waals surface area (Å²) in [6.45, 7) is 0.381. The van der Waals surface area contributed by atoms with Crippen molar-refractivity contribution in [2.45, 2.75) is 31.8 Å². The second-order valence-corrected chi connectivity index (χ2v) is 5.18. The Kier molecular flexibility index (Phi) is 4.89. The summed E-state index contributed by atoms with van der Waals surface area (Å²) in [6, 6.07) is -0.755. The first-order valence-electron chi connectivity index (χ1n) is 6.83. The van der Waals surface area contributed by atoms with Crippen LogP contribution in [-0.2, 0) is 4.74 Å². The number of halogens is 1. The molecule has 0 aromatic carbocycles. The molecule has 7 nitrogen and oxygen atoms in total. The number of carbonyl (C=O) groups is 1. The van der Waals surface area contributed by atoms with Gasteiger partial charge >= 0.3 is 11.7 Å². The first kappa shape index (κ1) is 15.4. The first-order valence-corrected chi connectivity index (χ1v) is 6.83. The van der Waals surface area contributed by atoms with Crippen molar-refractivity contribution < 1.29 is 13.9 Å². The summed E-state index contributed by atoms with van der Waals surface area (Å²) >= 11 is 0. The third kappa shape index (κ3) is 3.78. The Hall–Kier alpha value is -1.96. The molecule has 0 saturated heterocycles. The van der Waals surface area contributed by atoms with Gasteiger partial charge in [-0.1, -0.05) is 6.42 Å². The summed E-state index contributed by atoms with van der Waals surface area (Å²) in [4.78, 5) is 35.9. The fourth-order valence-corrected chi connectivity index (χ4v) is 2.56. The molecule has 8 heteroatoms. The third-order valence-corrected chi connectivity index (χ3v) is 3.73. The number of carbonyl (C=O) groups excluding carboxylic acids is 1. The maximum absolute atomic E-state index is 13.1. The van der Waals surface area contributed by atoms with Crippen molar-refractivity contribution in [3.8, 4) is 0 Å². The van der Waals surface area contributed by atoms with Crippen LogP contribution in [0.15, 0.2) is 15.8 Å². The highest BCUT2D eigenvalue weighted by Gasteiger charge is 2.22. The van der Waals surface area contributed by atoms with Gasteiger partial charge in [0.1, 0.15) is 0 Å². The molecule has 1 saturated carbocycles. The van der Waals surface area contributed by atoms with Crippen molar-refractivity contribution in [2.24, 2.45) is 5.92 Å². The Morgan fingerprint density at radius 2 is 2.29 bits per heavy atom. The molecule has 2 rings (SSSR count). The fourth-order valence-electron chi connectivity index (χ4n) is 2.56. The zero-order chi connectivity index (χ0) is 15.4. The summed E-state index contributed by atoms with van der Waals surface area (Å²) in [5.74, 6) is -0.919. The van der Waals surface area contributed by atoms with E-state index in [-0.39, 0.29) is 12.0 Å². The molecule has 2 atom stereocenters. The number of amides is 1. The van der Waals surface area contributed by atoms with Crippen LogP contribution in [-0.4, -0.2) is 35.3 Å². The predicted molar refractivity (Wildman–Crippen MR) is 72.8 cm³/mol. The quantitative estimate of drug-likeness (QED) is 0.847. The highest BCUT2D eigenvalue weighted by Crippen LogP contribution is 2.25. The minimum absolute atomic E-state index is 0.189. The topological polar surface area (TPSA) is 93.2 Å². The molecule has 1 aliphatic carbocycles. The minimum Gasteiger partial charge on any atom is -0.381 e. The first-order chi connectivity index (χ1) is 10.0. The van der Waals surface area contributed by atoms with Gasteiger partial charge in [-0.3, -0.25) is 9.78 Å². The molecular weight excluding hydrogens is 281 g/mol. The number of aromatic amines is 1. The van der Waals surface area contributed by atoms with Crippen molar-refractivity contribution in [3.63, 3.8) is 0 Å². The van der Waals surface area contributed by atoms with Gasteiger partial charge < -0.3 is 10.1 Å². The highest BCUT2D eigenvalue weighted by molar-refractivity contribution is 5.76. The zero-order valence-electron chi connectivity index (χ0n) is 11.7. The lowest BCUT2D eigenvalue weighted by Gasteiger charge is -2.28. The zero-order valence-corrected chi connectivity index (χ0v) is 11.7. The van der Waals surface area contributed by atoms with E-state index in [0.717, 1.165) is 25.7 Å². The van der Waals surface area contributed by atoms with E-state index in [1.807, 2.05) is 0 Å². The van der Waals surface area contributed by atoms with Gasteiger partial charge in [0, 0.05) is 13.7 Å². The van der Waals surface area contributed by atoms with E-state index in [1.165, 1.54) is 0 Å². The lowest BCUT2D eigenvalue weighted by atomic mass is 9.87. The Morgan fingerprint density at radius 1 is 1.52 bits per heavy atom. The molecule has 1 aromatic rings. The van der Waals surface area contributed by atoms with Gasteiger partial charge in [0.25, 0.3) is 5.56 Å². The van der Waals surface area contributed by atoms with Gasteiger partial charge in [0.05, 0.1) is 12.3 Å². The number of aromatic nitrogens is 2. The van der Waals surface area contributed by atoms with Crippen molar-refractivity contribution in [1.82, 2.24) is 14.9 Å². The van der Waals surface area contributed by atoms with Crippen LogP contribution in [0.2, 0.25) is 0 Å². The summed E-state index contributed by atoms with van der Waals surface area (Å²) in [6.07, 6.45) is 4.61. The van der Waals surface area contributed by atoms with E-state index in [4.69, 9.17) is 4.74 Å². The number of methoxy groups -OCH3 is 1. The van der Waals surface area contributed by atoms with E-state index in [0.29, 0.717) is 17.3 Å². The second kappa shape index (κ2) is 6.66. The minimum atomic E-state index is -1.18. The van der Waals surface area contributed by atoms with Crippen LogP contribution >= 0.6 is 0 Å². The van der Waals surface area contributed by atoms with Crippen LogP contribution in [0.3, 0.4) is 0 Å². The molecule has 1 fully saturated rings. The standard InChI is InChI=1S/C13H18FN3O4/c1-21-9-4-2-3-8(5-9)6-15-12(19)17-7-10(14)11(18)16-13(17)20/h7-9H,2-6H2,1H3,(H,15,19)(H,16,18,20). The van der Waals surface area contributed by atoms with Crippen LogP contribution in [0.5, 0.6) is 0 Å². The molecule has 2 unspecified atom stereocenters. The average Bonchev–Trinajstić information content (AvgIpc) is 2.48. The van der Waals surface area contributed by atoms with Crippen LogP contribution < -0.4 is 16.6 Å². The molecule has 1 amide bonds. The van der Waals surface area contributed by atoms with Crippen LogP contribution in [0.1, 0.15) is 25.7 Å². The van der Waals surface area contributed by atoms with E-state index in [1.54, 1.807) is 12.1 Å². The molecular formula is C13H18FN3O4. The van der Waals surface area contributed by atoms with Gasteiger partial charge in [-0.05, 0) is 25.2 Å². The smallest absolute Gasteiger partial charge is 0.336 e. The Bertz CT molecular complexity index is 625.